The third-order valence-electron chi connectivity index (χ3n) is 1.59. The SMILES string of the molecule is CC(=N[O-])C(C)=N[O-].CC(=N[O-])C(C)=N[O-].[Cl][Rh+][Cl]. The standard InChI is InChI=1S/2C4H8N2O2.2ClH.Rh/c2*1-3(5-7)4(2)6-8;;;/h2*7-8H,1-2H3;2*1H;/q;;;;+3/p-6. The van der Waals surface area contributed by atoms with Crippen LogP contribution in [0.3, 0.4) is 0 Å². The molecule has 8 nitrogen and oxygen atoms in total. The van der Waals surface area contributed by atoms with Crippen molar-refractivity contribution in [1.82, 2.24) is 0 Å². The first-order chi connectivity index (χ1) is 8.85. The van der Waals surface area contributed by atoms with E-state index in [1.807, 2.05) is 0 Å². The molecule has 0 amide bonds. The molecule has 0 aromatic heterocycles. The maximum absolute atomic E-state index is 9.60. The van der Waals surface area contributed by atoms with Crippen LogP contribution in [-0.2, 0) is 15.1 Å². The van der Waals surface area contributed by atoms with Gasteiger partial charge in [0, 0.05) is 22.8 Å². The first-order valence-electron chi connectivity index (χ1n) is 4.38. The van der Waals surface area contributed by atoms with Crippen molar-refractivity contribution in [2.75, 3.05) is 0 Å². The van der Waals surface area contributed by atoms with Crippen molar-refractivity contribution < 1.29 is 15.1 Å². The molecule has 0 aromatic carbocycles. The van der Waals surface area contributed by atoms with Gasteiger partial charge in [0.1, 0.15) is 0 Å². The van der Waals surface area contributed by atoms with Gasteiger partial charge in [0.25, 0.3) is 0 Å². The second-order valence-electron chi connectivity index (χ2n) is 2.75. The summed E-state index contributed by atoms with van der Waals surface area (Å²) in [5.74, 6) is 0. The van der Waals surface area contributed by atoms with Crippen molar-refractivity contribution in [1.29, 1.82) is 0 Å². The second-order valence-corrected chi connectivity index (χ2v) is 5.24. The van der Waals surface area contributed by atoms with E-state index < -0.39 is 0 Å². The fraction of sp³-hybridized carbons (Fsp3) is 0.500. The van der Waals surface area contributed by atoms with Gasteiger partial charge in [-0.25, -0.2) is 0 Å². The number of halogens is 2. The zero-order valence-corrected chi connectivity index (χ0v) is 13.7. The Balaban J connectivity index is -0.000000224. The molecule has 0 spiro atoms. The van der Waals surface area contributed by atoms with Crippen molar-refractivity contribution in [3.05, 3.63) is 20.8 Å². The number of rotatable bonds is 2. The Morgan fingerprint density at radius 1 is 0.632 bits per heavy atom. The Hall–Kier alpha value is -0.917. The van der Waals surface area contributed by atoms with E-state index in [0.29, 0.717) is 0 Å². The van der Waals surface area contributed by atoms with Crippen LogP contribution in [0, 0.1) is 20.8 Å². The summed E-state index contributed by atoms with van der Waals surface area (Å²) in [7, 11) is 9.67. The molecule has 0 unspecified atom stereocenters. The average Bonchev–Trinajstić information content (AvgIpc) is 2.45. The topological polar surface area (TPSA) is 142 Å². The van der Waals surface area contributed by atoms with Gasteiger partial charge in [-0.1, -0.05) is 0 Å². The molecule has 114 valence electrons. The molecule has 11 heteroatoms. The molecule has 0 saturated carbocycles. The summed E-state index contributed by atoms with van der Waals surface area (Å²) in [6.45, 7) is 5.74. The van der Waals surface area contributed by atoms with Crippen molar-refractivity contribution in [3.63, 3.8) is 0 Å². The fourth-order valence-corrected chi connectivity index (χ4v) is 0.264. The fourth-order valence-electron chi connectivity index (χ4n) is 0.264. The second kappa shape index (κ2) is 17.1. The van der Waals surface area contributed by atoms with Gasteiger partial charge in [0.2, 0.25) is 0 Å². The molecule has 0 rings (SSSR count). The van der Waals surface area contributed by atoms with Crippen molar-refractivity contribution >= 4 is 42.2 Å². The van der Waals surface area contributed by atoms with Crippen LogP contribution in [-0.4, -0.2) is 22.8 Å². The van der Waals surface area contributed by atoms with Gasteiger partial charge in [0.15, 0.2) is 0 Å². The summed E-state index contributed by atoms with van der Waals surface area (Å²) in [5.41, 5.74) is 0.556. The van der Waals surface area contributed by atoms with Gasteiger partial charge in [-0.05, 0) is 27.7 Å². The van der Waals surface area contributed by atoms with E-state index >= 15 is 0 Å². The van der Waals surface area contributed by atoms with Crippen LogP contribution in [0.1, 0.15) is 27.7 Å². The molecular weight excluding hydrogens is 390 g/mol. The molecule has 0 aliphatic heterocycles. The van der Waals surface area contributed by atoms with E-state index in [-0.39, 0.29) is 38.0 Å². The minimum absolute atomic E-state index is 0.139. The Labute approximate surface area is 126 Å². The zero-order valence-electron chi connectivity index (χ0n) is 10.5. The molecule has 0 saturated heterocycles. The molecule has 0 fully saturated rings. The molecular formula is C8H12Cl2N4O4Rh-3. The monoisotopic (exact) mass is 401 g/mol. The zero-order chi connectivity index (χ0) is 15.8. The Bertz CT molecular complexity index is 284. The first kappa shape index (κ1) is 23.2. The molecule has 0 heterocycles. The molecule has 0 N–H and O–H groups in total. The van der Waals surface area contributed by atoms with Crippen LogP contribution < -0.4 is 0 Å². The van der Waals surface area contributed by atoms with E-state index in [2.05, 4.69) is 20.6 Å². The Morgan fingerprint density at radius 3 is 0.789 bits per heavy atom. The molecule has 0 atom stereocenters. The van der Waals surface area contributed by atoms with Gasteiger partial charge in [-0.15, -0.1) is 0 Å². The van der Waals surface area contributed by atoms with Crippen LogP contribution in [0.15, 0.2) is 20.6 Å². The van der Waals surface area contributed by atoms with Crippen LogP contribution in [0.4, 0.5) is 0 Å². The number of hydrogen-bond acceptors (Lipinski definition) is 8. The predicted octanol–water partition coefficient (Wildman–Crippen LogP) is 3.18. The minimum atomic E-state index is -0.226. The molecule has 0 aromatic rings. The number of nitrogens with zero attached hydrogens (tertiary/aromatic N) is 4. The maximum atomic E-state index is 9.60. The quantitative estimate of drug-likeness (QED) is 0.397. The van der Waals surface area contributed by atoms with E-state index in [1.165, 1.54) is 27.7 Å². The predicted molar refractivity (Wildman–Crippen MR) is 77.6 cm³/mol. The first-order valence-corrected chi connectivity index (χ1v) is 8.60. The summed E-state index contributed by atoms with van der Waals surface area (Å²) in [5, 5.41) is 48.4. The molecule has 0 aliphatic carbocycles. The van der Waals surface area contributed by atoms with E-state index in [0.717, 1.165) is 0 Å². The number of hydrogen-bond donors (Lipinski definition) is 0. The Kier molecular flexibility index (Phi) is 20.9. The van der Waals surface area contributed by atoms with E-state index in [9.17, 15) is 20.8 Å². The van der Waals surface area contributed by atoms with Crippen molar-refractivity contribution in [2.45, 2.75) is 27.7 Å². The van der Waals surface area contributed by atoms with Crippen LogP contribution in [0.2, 0.25) is 0 Å². The molecule has 0 aliphatic rings. The van der Waals surface area contributed by atoms with Crippen LogP contribution in [0.25, 0.3) is 0 Å². The summed E-state index contributed by atoms with van der Waals surface area (Å²) >= 11 is -0.226. The summed E-state index contributed by atoms with van der Waals surface area (Å²) < 4.78 is 0. The van der Waals surface area contributed by atoms with Crippen LogP contribution in [0.5, 0.6) is 0 Å². The van der Waals surface area contributed by atoms with Crippen LogP contribution >= 0.6 is 19.4 Å². The van der Waals surface area contributed by atoms with Crippen molar-refractivity contribution in [3.8, 4) is 0 Å². The van der Waals surface area contributed by atoms with Gasteiger partial charge in [-0.2, -0.15) is 0 Å². The molecule has 0 bridgehead atoms. The molecule has 19 heavy (non-hydrogen) atoms. The van der Waals surface area contributed by atoms with Gasteiger partial charge < -0.3 is 41.5 Å². The Morgan fingerprint density at radius 2 is 0.737 bits per heavy atom. The third kappa shape index (κ3) is 17.1. The third-order valence-corrected chi connectivity index (χ3v) is 1.59. The van der Waals surface area contributed by atoms with Crippen molar-refractivity contribution in [2.24, 2.45) is 20.6 Å². The van der Waals surface area contributed by atoms with E-state index in [1.54, 1.807) is 0 Å². The summed E-state index contributed by atoms with van der Waals surface area (Å²) in [4.78, 5) is 0. The summed E-state index contributed by atoms with van der Waals surface area (Å²) in [6, 6.07) is 0. The summed E-state index contributed by atoms with van der Waals surface area (Å²) in [6.07, 6.45) is 0. The van der Waals surface area contributed by atoms with Gasteiger partial charge >= 0.3 is 34.5 Å². The molecule has 0 radical (unpaired) electrons. The normalized spacial score (nSPS) is 13.2. The van der Waals surface area contributed by atoms with E-state index in [4.69, 9.17) is 19.4 Å². The average molecular weight is 402 g/mol. The van der Waals surface area contributed by atoms with Gasteiger partial charge in [-0.3, -0.25) is 0 Å². The van der Waals surface area contributed by atoms with Gasteiger partial charge in [0.05, 0.1) is 0 Å².